The molecule has 1 aromatic heterocycles. The van der Waals surface area contributed by atoms with Gasteiger partial charge in [-0.3, -0.25) is 14.9 Å². The van der Waals surface area contributed by atoms with E-state index >= 15 is 0 Å². The summed E-state index contributed by atoms with van der Waals surface area (Å²) in [4.78, 5) is 24.4. The lowest BCUT2D eigenvalue weighted by Gasteiger charge is -2.10. The number of hydrogen-bond donors (Lipinski definition) is 1. The first-order chi connectivity index (χ1) is 15.4. The average Bonchev–Trinajstić information content (AvgIpc) is 3.20. The van der Waals surface area contributed by atoms with Crippen LogP contribution in [-0.4, -0.2) is 46.1 Å². The molecule has 11 heteroatoms. The Labute approximate surface area is 186 Å². The number of carbonyl (C=O) groups is 2. The van der Waals surface area contributed by atoms with Gasteiger partial charge in [-0.05, 0) is 43.3 Å². The highest BCUT2D eigenvalue weighted by Gasteiger charge is 2.18. The summed E-state index contributed by atoms with van der Waals surface area (Å²) in [6, 6.07) is 12.4. The van der Waals surface area contributed by atoms with Crippen molar-refractivity contribution in [2.75, 3.05) is 12.9 Å². The molecule has 0 radical (unpaired) electrons. The monoisotopic (exact) mass is 462 g/mol. The van der Waals surface area contributed by atoms with Gasteiger partial charge in [0.25, 0.3) is 5.91 Å². The molecule has 0 aliphatic heterocycles. The standard InChI is InChI=1S/C21H20F2N4O4S/c1-3-27-18(15-6-4-5-7-16(15)30-2)25-26-21(27)32-12-17(28)24-19(29)13-8-10-14(11-9-13)31-20(22)23/h4-11,20H,3,12H2,1-2H3,(H,24,28,29). The van der Waals surface area contributed by atoms with Crippen LogP contribution in [0.25, 0.3) is 11.4 Å². The molecular formula is C21H20F2N4O4S. The molecule has 1 N–H and O–H groups in total. The minimum absolute atomic E-state index is 0.0671. The van der Waals surface area contributed by atoms with Crippen molar-refractivity contribution in [1.82, 2.24) is 20.1 Å². The van der Waals surface area contributed by atoms with E-state index in [1.54, 1.807) is 7.11 Å². The third-order valence-electron chi connectivity index (χ3n) is 4.31. The summed E-state index contributed by atoms with van der Waals surface area (Å²) in [7, 11) is 1.57. The predicted molar refractivity (Wildman–Crippen MR) is 114 cm³/mol. The highest BCUT2D eigenvalue weighted by atomic mass is 32.2. The molecule has 2 amide bonds. The number of rotatable bonds is 9. The van der Waals surface area contributed by atoms with Crippen molar-refractivity contribution >= 4 is 23.6 Å². The van der Waals surface area contributed by atoms with Gasteiger partial charge in [-0.1, -0.05) is 23.9 Å². The fourth-order valence-corrected chi connectivity index (χ4v) is 3.66. The molecule has 0 saturated heterocycles. The average molecular weight is 462 g/mol. The summed E-state index contributed by atoms with van der Waals surface area (Å²) >= 11 is 1.14. The topological polar surface area (TPSA) is 95.3 Å². The summed E-state index contributed by atoms with van der Waals surface area (Å²) in [5.74, 6) is -0.0662. The molecule has 3 aromatic rings. The van der Waals surface area contributed by atoms with Gasteiger partial charge in [-0.2, -0.15) is 8.78 Å². The van der Waals surface area contributed by atoms with Gasteiger partial charge in [-0.15, -0.1) is 10.2 Å². The minimum atomic E-state index is -2.96. The molecule has 0 saturated carbocycles. The number of alkyl halides is 2. The lowest BCUT2D eigenvalue weighted by molar-refractivity contribution is -0.117. The second kappa shape index (κ2) is 10.7. The maximum atomic E-state index is 12.2. The Morgan fingerprint density at radius 2 is 1.84 bits per heavy atom. The zero-order valence-electron chi connectivity index (χ0n) is 17.2. The smallest absolute Gasteiger partial charge is 0.387 e. The molecule has 1 heterocycles. The Morgan fingerprint density at radius 3 is 2.50 bits per heavy atom. The van der Waals surface area contributed by atoms with Crippen molar-refractivity contribution in [2.45, 2.75) is 25.2 Å². The van der Waals surface area contributed by atoms with Crippen molar-refractivity contribution < 1.29 is 27.8 Å². The molecule has 0 fully saturated rings. The summed E-state index contributed by atoms with van der Waals surface area (Å²) in [5.41, 5.74) is 0.912. The Kier molecular flexibility index (Phi) is 7.77. The second-order valence-corrected chi connectivity index (χ2v) is 7.26. The largest absolute Gasteiger partial charge is 0.496 e. The molecule has 0 aliphatic rings. The highest BCUT2D eigenvalue weighted by molar-refractivity contribution is 7.99. The molecule has 8 nitrogen and oxygen atoms in total. The lowest BCUT2D eigenvalue weighted by atomic mass is 10.2. The fraction of sp³-hybridized carbons (Fsp3) is 0.238. The molecule has 168 valence electrons. The molecular weight excluding hydrogens is 442 g/mol. The first-order valence-corrected chi connectivity index (χ1v) is 10.5. The van der Waals surface area contributed by atoms with Gasteiger partial charge in [0.1, 0.15) is 11.5 Å². The number of thioether (sulfide) groups is 1. The molecule has 0 aliphatic carbocycles. The van der Waals surface area contributed by atoms with E-state index < -0.39 is 18.4 Å². The summed E-state index contributed by atoms with van der Waals surface area (Å²) in [5, 5.41) is 11.2. The van der Waals surface area contributed by atoms with E-state index in [4.69, 9.17) is 4.74 Å². The van der Waals surface area contributed by atoms with E-state index in [0.29, 0.717) is 23.3 Å². The summed E-state index contributed by atoms with van der Waals surface area (Å²) in [6.07, 6.45) is 0. The number of ether oxygens (including phenoxy) is 2. The third kappa shape index (κ3) is 5.61. The number of nitrogens with zero attached hydrogens (tertiary/aromatic N) is 3. The Bertz CT molecular complexity index is 1090. The van der Waals surface area contributed by atoms with Crippen LogP contribution in [0.15, 0.2) is 53.7 Å². The lowest BCUT2D eigenvalue weighted by Crippen LogP contribution is -2.31. The summed E-state index contributed by atoms with van der Waals surface area (Å²) in [6.45, 7) is -0.463. The Morgan fingerprint density at radius 1 is 1.12 bits per heavy atom. The van der Waals surface area contributed by atoms with Crippen LogP contribution in [0, 0.1) is 0 Å². The van der Waals surface area contributed by atoms with Gasteiger partial charge < -0.3 is 14.0 Å². The van der Waals surface area contributed by atoms with Crippen LogP contribution >= 0.6 is 11.8 Å². The van der Waals surface area contributed by atoms with Crippen molar-refractivity contribution in [3.8, 4) is 22.9 Å². The number of amides is 2. The molecule has 0 bridgehead atoms. The third-order valence-corrected chi connectivity index (χ3v) is 5.27. The van der Waals surface area contributed by atoms with Gasteiger partial charge in [0.15, 0.2) is 11.0 Å². The SMILES string of the molecule is CCn1c(SCC(=O)NC(=O)c2ccc(OC(F)F)cc2)nnc1-c1ccccc1OC. The minimum Gasteiger partial charge on any atom is -0.496 e. The fourth-order valence-electron chi connectivity index (χ4n) is 2.86. The van der Waals surface area contributed by atoms with Gasteiger partial charge in [0, 0.05) is 12.1 Å². The van der Waals surface area contributed by atoms with Crippen LogP contribution in [0.3, 0.4) is 0 Å². The Balaban J connectivity index is 1.62. The maximum absolute atomic E-state index is 12.2. The van der Waals surface area contributed by atoms with Crippen molar-refractivity contribution in [2.24, 2.45) is 0 Å². The second-order valence-electron chi connectivity index (χ2n) is 6.32. The summed E-state index contributed by atoms with van der Waals surface area (Å²) < 4.78 is 35.9. The highest BCUT2D eigenvalue weighted by Crippen LogP contribution is 2.30. The van der Waals surface area contributed by atoms with Crippen molar-refractivity contribution in [3.63, 3.8) is 0 Å². The number of nitrogens with one attached hydrogen (secondary N) is 1. The van der Waals surface area contributed by atoms with E-state index in [1.165, 1.54) is 24.3 Å². The van der Waals surface area contributed by atoms with E-state index in [0.717, 1.165) is 17.3 Å². The number of halogens is 2. The van der Waals surface area contributed by atoms with Crippen LogP contribution in [0.5, 0.6) is 11.5 Å². The van der Waals surface area contributed by atoms with Crippen LogP contribution in [0.2, 0.25) is 0 Å². The molecule has 0 spiro atoms. The molecule has 32 heavy (non-hydrogen) atoms. The molecule has 2 aromatic carbocycles. The number of imide groups is 1. The molecule has 0 atom stereocenters. The van der Waals surface area contributed by atoms with E-state index in [2.05, 4.69) is 20.3 Å². The zero-order valence-corrected chi connectivity index (χ0v) is 18.1. The quantitative estimate of drug-likeness (QED) is 0.485. The van der Waals surface area contributed by atoms with Gasteiger partial charge in [-0.25, -0.2) is 0 Å². The number of carbonyl (C=O) groups excluding carboxylic acids is 2. The van der Waals surface area contributed by atoms with Gasteiger partial charge >= 0.3 is 6.61 Å². The van der Waals surface area contributed by atoms with Crippen LogP contribution in [0.4, 0.5) is 8.78 Å². The van der Waals surface area contributed by atoms with Crippen molar-refractivity contribution in [1.29, 1.82) is 0 Å². The number of para-hydroxylation sites is 1. The maximum Gasteiger partial charge on any atom is 0.387 e. The van der Waals surface area contributed by atoms with Crippen LogP contribution in [-0.2, 0) is 11.3 Å². The van der Waals surface area contributed by atoms with E-state index in [1.807, 2.05) is 35.8 Å². The van der Waals surface area contributed by atoms with Crippen molar-refractivity contribution in [3.05, 3.63) is 54.1 Å². The Hall–Kier alpha value is -3.47. The van der Waals surface area contributed by atoms with Gasteiger partial charge in [0.05, 0.1) is 18.4 Å². The number of hydrogen-bond acceptors (Lipinski definition) is 7. The first-order valence-electron chi connectivity index (χ1n) is 9.51. The van der Waals surface area contributed by atoms with E-state index in [-0.39, 0.29) is 17.1 Å². The van der Waals surface area contributed by atoms with Gasteiger partial charge in [0.2, 0.25) is 5.91 Å². The first kappa shape index (κ1) is 23.2. The molecule has 3 rings (SSSR count). The number of methoxy groups -OCH3 is 1. The normalized spacial score (nSPS) is 10.8. The predicted octanol–water partition coefficient (Wildman–Crippen LogP) is 3.62. The van der Waals surface area contributed by atoms with Crippen LogP contribution in [0.1, 0.15) is 17.3 Å². The zero-order chi connectivity index (χ0) is 23.1. The number of aromatic nitrogens is 3. The number of benzene rings is 2. The van der Waals surface area contributed by atoms with E-state index in [9.17, 15) is 18.4 Å². The van der Waals surface area contributed by atoms with Crippen LogP contribution < -0.4 is 14.8 Å². The molecule has 0 unspecified atom stereocenters.